The van der Waals surface area contributed by atoms with Crippen LogP contribution in [0.25, 0.3) is 0 Å². The lowest BCUT2D eigenvalue weighted by atomic mass is 9.77. The zero-order chi connectivity index (χ0) is 29.6. The van der Waals surface area contributed by atoms with Crippen molar-refractivity contribution in [2.45, 2.75) is 29.3 Å². The molecule has 0 aromatic heterocycles. The number of anilines is 1. The molecule has 0 spiro atoms. The van der Waals surface area contributed by atoms with Crippen LogP contribution in [0, 0.1) is 5.92 Å². The Morgan fingerprint density at radius 1 is 0.767 bits per heavy atom. The van der Waals surface area contributed by atoms with Crippen LogP contribution in [-0.4, -0.2) is 54.0 Å². The van der Waals surface area contributed by atoms with E-state index in [1.165, 1.54) is 17.2 Å². The van der Waals surface area contributed by atoms with Crippen LogP contribution in [0.5, 0.6) is 11.5 Å². The Hall–Kier alpha value is -4.11. The highest BCUT2D eigenvalue weighted by Gasteiger charge is 2.40. The van der Waals surface area contributed by atoms with E-state index in [-0.39, 0.29) is 35.4 Å². The van der Waals surface area contributed by atoms with Gasteiger partial charge in [0.2, 0.25) is 10.0 Å². The van der Waals surface area contributed by atoms with E-state index in [0.29, 0.717) is 31.1 Å². The second-order valence-corrected chi connectivity index (χ2v) is 13.6. The van der Waals surface area contributed by atoms with Crippen molar-refractivity contribution < 1.29 is 18.6 Å². The summed E-state index contributed by atoms with van der Waals surface area (Å²) in [5.41, 5.74) is 4.94. The molecular formula is C35H35N3O4S. The summed E-state index contributed by atoms with van der Waals surface area (Å²) in [4.78, 5) is 2.69. The molecule has 4 aromatic rings. The number of rotatable bonds is 6. The van der Waals surface area contributed by atoms with E-state index in [4.69, 9.17) is 0 Å². The van der Waals surface area contributed by atoms with Crippen molar-refractivity contribution in [3.8, 4) is 11.5 Å². The topological polar surface area (TPSA) is 93.1 Å². The summed E-state index contributed by atoms with van der Waals surface area (Å²) in [6.07, 6.45) is 5.09. The third-order valence-electron chi connectivity index (χ3n) is 9.19. The van der Waals surface area contributed by atoms with Crippen LogP contribution >= 0.6 is 0 Å². The molecule has 43 heavy (non-hydrogen) atoms. The molecule has 2 heterocycles. The van der Waals surface area contributed by atoms with Gasteiger partial charge >= 0.3 is 0 Å². The van der Waals surface area contributed by atoms with Gasteiger partial charge in [0.05, 0.1) is 17.0 Å². The number of nitrogens with zero attached hydrogens (tertiary/aromatic N) is 2. The molecule has 0 radical (unpaired) electrons. The Balaban J connectivity index is 1.12. The van der Waals surface area contributed by atoms with Gasteiger partial charge in [-0.15, -0.1) is 0 Å². The highest BCUT2D eigenvalue weighted by Crippen LogP contribution is 2.51. The van der Waals surface area contributed by atoms with E-state index in [9.17, 15) is 18.6 Å². The van der Waals surface area contributed by atoms with Gasteiger partial charge in [0.15, 0.2) is 0 Å². The van der Waals surface area contributed by atoms with Crippen molar-refractivity contribution in [2.75, 3.05) is 31.5 Å². The van der Waals surface area contributed by atoms with Gasteiger partial charge in [-0.05, 0) is 59.4 Å². The molecule has 2 aliphatic heterocycles. The first-order chi connectivity index (χ1) is 20.9. The SMILES string of the molecule is O=S(=O)(c1ccc2c(c1)C1C=CCC1C(c1ccc(O)cc1O)N2)N1CCN(C(c2ccccc2)c2ccccc2)CC1. The molecule has 1 aliphatic carbocycles. The molecule has 1 fully saturated rings. The van der Waals surface area contributed by atoms with Gasteiger partial charge < -0.3 is 15.5 Å². The Labute approximate surface area is 252 Å². The van der Waals surface area contributed by atoms with Gasteiger partial charge in [0.1, 0.15) is 11.5 Å². The van der Waals surface area contributed by atoms with E-state index in [1.54, 1.807) is 22.5 Å². The first-order valence-corrected chi connectivity index (χ1v) is 16.3. The standard InChI is InChI=1S/C35H35N3O4S/c39-26-14-16-30(33(40)22-26)34-29-13-7-12-28(29)31-23-27(15-17-32(31)36-34)43(41,42)38-20-18-37(19-21-38)35(24-8-3-1-4-9-24)25-10-5-2-6-11-25/h1-12,14-17,22-23,28-29,34-36,39-40H,13,18-21H2. The molecule has 7 nitrogen and oxygen atoms in total. The Bertz CT molecular complexity index is 1710. The molecule has 3 N–H and O–H groups in total. The largest absolute Gasteiger partial charge is 0.508 e. The predicted octanol–water partition coefficient (Wildman–Crippen LogP) is 6.02. The van der Waals surface area contributed by atoms with Crippen molar-refractivity contribution in [1.29, 1.82) is 0 Å². The van der Waals surface area contributed by atoms with Crippen LogP contribution in [0.3, 0.4) is 0 Å². The fraction of sp³-hybridized carbons (Fsp3) is 0.257. The molecule has 220 valence electrons. The molecule has 4 aromatic carbocycles. The van der Waals surface area contributed by atoms with E-state index in [2.05, 4.69) is 70.9 Å². The van der Waals surface area contributed by atoms with Crippen LogP contribution in [0.4, 0.5) is 5.69 Å². The van der Waals surface area contributed by atoms with E-state index in [1.807, 2.05) is 24.3 Å². The van der Waals surface area contributed by atoms with E-state index >= 15 is 0 Å². The third-order valence-corrected chi connectivity index (χ3v) is 11.1. The number of sulfonamides is 1. The molecule has 0 saturated carbocycles. The summed E-state index contributed by atoms with van der Waals surface area (Å²) < 4.78 is 29.5. The number of benzene rings is 4. The Kier molecular flexibility index (Phi) is 7.21. The Morgan fingerprint density at radius 2 is 1.44 bits per heavy atom. The molecule has 0 amide bonds. The Morgan fingerprint density at radius 3 is 2.09 bits per heavy atom. The molecule has 7 rings (SSSR count). The van der Waals surface area contributed by atoms with E-state index in [0.717, 1.165) is 23.2 Å². The van der Waals surface area contributed by atoms with Crippen LogP contribution in [-0.2, 0) is 10.0 Å². The van der Waals surface area contributed by atoms with Gasteiger partial charge in [-0.1, -0.05) is 72.8 Å². The minimum atomic E-state index is -3.69. The van der Waals surface area contributed by atoms with Gasteiger partial charge in [0, 0.05) is 49.4 Å². The molecule has 3 atom stereocenters. The van der Waals surface area contributed by atoms with Crippen LogP contribution in [0.15, 0.2) is 114 Å². The number of fused-ring (bicyclic) bond motifs is 3. The first kappa shape index (κ1) is 27.7. The maximum absolute atomic E-state index is 14.0. The lowest BCUT2D eigenvalue weighted by molar-refractivity contribution is 0.156. The highest BCUT2D eigenvalue weighted by molar-refractivity contribution is 7.89. The summed E-state index contributed by atoms with van der Waals surface area (Å²) in [5.74, 6) is 0.216. The van der Waals surface area contributed by atoms with Crippen LogP contribution < -0.4 is 5.32 Å². The number of hydrogen-bond acceptors (Lipinski definition) is 6. The average Bonchev–Trinajstić information content (AvgIpc) is 3.53. The van der Waals surface area contributed by atoms with Crippen LogP contribution in [0.1, 0.15) is 46.7 Å². The van der Waals surface area contributed by atoms with Crippen molar-refractivity contribution in [3.05, 3.63) is 131 Å². The molecule has 0 bridgehead atoms. The summed E-state index contributed by atoms with van der Waals surface area (Å²) >= 11 is 0. The van der Waals surface area contributed by atoms with Gasteiger partial charge in [-0.2, -0.15) is 4.31 Å². The summed E-state index contributed by atoms with van der Waals surface area (Å²) in [6.45, 7) is 2.10. The number of phenols is 2. The maximum Gasteiger partial charge on any atom is 0.243 e. The normalized spacial score (nSPS) is 22.2. The number of nitrogens with one attached hydrogen (secondary N) is 1. The lowest BCUT2D eigenvalue weighted by Gasteiger charge is -2.40. The zero-order valence-electron chi connectivity index (χ0n) is 23.8. The molecule has 3 aliphatic rings. The molecular weight excluding hydrogens is 558 g/mol. The van der Waals surface area contributed by atoms with Crippen molar-refractivity contribution in [1.82, 2.24) is 9.21 Å². The average molecular weight is 594 g/mol. The monoisotopic (exact) mass is 593 g/mol. The molecule has 1 saturated heterocycles. The first-order valence-electron chi connectivity index (χ1n) is 14.8. The molecule has 3 unspecified atom stereocenters. The minimum Gasteiger partial charge on any atom is -0.508 e. The van der Waals surface area contributed by atoms with Gasteiger partial charge in [-0.25, -0.2) is 8.42 Å². The van der Waals surface area contributed by atoms with Crippen molar-refractivity contribution in [2.24, 2.45) is 5.92 Å². The summed E-state index contributed by atoms with van der Waals surface area (Å²) in [5, 5.41) is 23.9. The number of aromatic hydroxyl groups is 2. The minimum absolute atomic E-state index is 0.0184. The summed E-state index contributed by atoms with van der Waals surface area (Å²) in [7, 11) is -3.69. The quantitative estimate of drug-likeness (QED) is 0.237. The molecule has 8 heteroatoms. The number of hydrogen-bond donors (Lipinski definition) is 3. The number of piperazine rings is 1. The highest BCUT2D eigenvalue weighted by atomic mass is 32.2. The lowest BCUT2D eigenvalue weighted by Crippen LogP contribution is -2.49. The predicted molar refractivity (Wildman–Crippen MR) is 168 cm³/mol. The van der Waals surface area contributed by atoms with Crippen molar-refractivity contribution >= 4 is 15.7 Å². The number of allylic oxidation sites excluding steroid dienone is 2. The van der Waals surface area contributed by atoms with Crippen molar-refractivity contribution in [3.63, 3.8) is 0 Å². The van der Waals surface area contributed by atoms with Gasteiger partial charge in [-0.3, -0.25) is 4.90 Å². The maximum atomic E-state index is 14.0. The summed E-state index contributed by atoms with van der Waals surface area (Å²) in [6, 6.07) is 30.8. The second kappa shape index (κ2) is 11.2. The van der Waals surface area contributed by atoms with Crippen LogP contribution in [0.2, 0.25) is 0 Å². The smallest absolute Gasteiger partial charge is 0.243 e. The fourth-order valence-corrected chi connectivity index (χ4v) is 8.53. The third kappa shape index (κ3) is 5.09. The van der Waals surface area contributed by atoms with E-state index < -0.39 is 10.0 Å². The zero-order valence-corrected chi connectivity index (χ0v) is 24.6. The number of phenolic OH excluding ortho intramolecular Hbond substituents is 2. The fourth-order valence-electron chi connectivity index (χ4n) is 7.07. The second-order valence-electron chi connectivity index (χ2n) is 11.6. The van der Waals surface area contributed by atoms with Gasteiger partial charge in [0.25, 0.3) is 0 Å².